The van der Waals surface area contributed by atoms with Crippen LogP contribution in [-0.4, -0.2) is 29.1 Å². The molecule has 0 aliphatic carbocycles. The third kappa shape index (κ3) is 3.46. The zero-order valence-corrected chi connectivity index (χ0v) is 12.0. The first-order chi connectivity index (χ1) is 8.56. The summed E-state index contributed by atoms with van der Waals surface area (Å²) in [6.45, 7) is 4.16. The Labute approximate surface area is 116 Å². The van der Waals surface area contributed by atoms with Crippen LogP contribution >= 0.6 is 22.9 Å². The van der Waals surface area contributed by atoms with E-state index in [1.165, 1.54) is 4.88 Å². The Balaban J connectivity index is 1.87. The third-order valence-electron chi connectivity index (χ3n) is 3.67. The molecule has 3 nitrogen and oxygen atoms in total. The summed E-state index contributed by atoms with van der Waals surface area (Å²) in [7, 11) is 0. The van der Waals surface area contributed by atoms with E-state index >= 15 is 0 Å². The standard InChI is InChI=1S/C13H18ClNO2S/c1-9(11-2-3-12(14)18-11)15-6-4-10(5-7-15)8-13(16)17/h2-3,9-10H,4-8H2,1H3,(H,16,17). The van der Waals surface area contributed by atoms with E-state index in [9.17, 15) is 4.79 Å². The van der Waals surface area contributed by atoms with Gasteiger partial charge < -0.3 is 5.11 Å². The zero-order chi connectivity index (χ0) is 13.1. The maximum absolute atomic E-state index is 10.7. The Hall–Kier alpha value is -0.580. The van der Waals surface area contributed by atoms with Crippen LogP contribution in [0.2, 0.25) is 4.34 Å². The minimum Gasteiger partial charge on any atom is -0.481 e. The maximum atomic E-state index is 10.7. The first-order valence-corrected chi connectivity index (χ1v) is 7.47. The number of hydrogen-bond acceptors (Lipinski definition) is 3. The molecule has 1 aromatic rings. The van der Waals surface area contributed by atoms with Crippen LogP contribution in [0.25, 0.3) is 0 Å². The lowest BCUT2D eigenvalue weighted by molar-refractivity contribution is -0.138. The number of carboxylic acid groups (broad SMARTS) is 1. The highest BCUT2D eigenvalue weighted by molar-refractivity contribution is 7.16. The van der Waals surface area contributed by atoms with E-state index < -0.39 is 5.97 Å². The van der Waals surface area contributed by atoms with E-state index in [0.717, 1.165) is 30.3 Å². The number of carboxylic acids is 1. The van der Waals surface area contributed by atoms with Crippen LogP contribution in [0.15, 0.2) is 12.1 Å². The van der Waals surface area contributed by atoms with E-state index in [-0.39, 0.29) is 0 Å². The zero-order valence-electron chi connectivity index (χ0n) is 10.4. The largest absolute Gasteiger partial charge is 0.481 e. The topological polar surface area (TPSA) is 40.5 Å². The van der Waals surface area contributed by atoms with E-state index in [1.54, 1.807) is 11.3 Å². The second kappa shape index (κ2) is 6.04. The van der Waals surface area contributed by atoms with Gasteiger partial charge in [-0.25, -0.2) is 0 Å². The van der Waals surface area contributed by atoms with Crippen molar-refractivity contribution in [3.05, 3.63) is 21.3 Å². The van der Waals surface area contributed by atoms with Gasteiger partial charge in [0.05, 0.1) is 4.34 Å². The number of hydrogen-bond donors (Lipinski definition) is 1. The Morgan fingerprint density at radius 2 is 2.22 bits per heavy atom. The van der Waals surface area contributed by atoms with Crippen molar-refractivity contribution in [1.29, 1.82) is 0 Å². The Kier molecular flexibility index (Phi) is 4.65. The molecule has 1 aliphatic heterocycles. The number of thiophene rings is 1. The van der Waals surface area contributed by atoms with Gasteiger partial charge in [-0.15, -0.1) is 11.3 Å². The van der Waals surface area contributed by atoms with E-state index in [1.807, 2.05) is 6.07 Å². The van der Waals surface area contributed by atoms with Crippen molar-refractivity contribution < 1.29 is 9.90 Å². The molecule has 0 amide bonds. The summed E-state index contributed by atoms with van der Waals surface area (Å²) in [5, 5.41) is 8.79. The summed E-state index contributed by atoms with van der Waals surface area (Å²) in [5.41, 5.74) is 0. The molecule has 18 heavy (non-hydrogen) atoms. The van der Waals surface area contributed by atoms with Crippen LogP contribution < -0.4 is 0 Å². The van der Waals surface area contributed by atoms with Crippen LogP contribution in [0.5, 0.6) is 0 Å². The number of likely N-dealkylation sites (tertiary alicyclic amines) is 1. The van der Waals surface area contributed by atoms with Crippen molar-refractivity contribution in [3.8, 4) is 0 Å². The van der Waals surface area contributed by atoms with Gasteiger partial charge in [-0.05, 0) is 50.9 Å². The van der Waals surface area contributed by atoms with Gasteiger partial charge in [-0.1, -0.05) is 11.6 Å². The van der Waals surface area contributed by atoms with Crippen molar-refractivity contribution in [2.45, 2.75) is 32.2 Å². The lowest BCUT2D eigenvalue weighted by Gasteiger charge is -2.35. The summed E-state index contributed by atoms with van der Waals surface area (Å²) >= 11 is 7.59. The van der Waals surface area contributed by atoms with Crippen molar-refractivity contribution in [3.63, 3.8) is 0 Å². The second-order valence-electron chi connectivity index (χ2n) is 4.90. The Morgan fingerprint density at radius 3 is 2.72 bits per heavy atom. The van der Waals surface area contributed by atoms with E-state index in [2.05, 4.69) is 17.9 Å². The van der Waals surface area contributed by atoms with Gasteiger partial charge in [0.1, 0.15) is 0 Å². The van der Waals surface area contributed by atoms with Crippen LogP contribution in [0.1, 0.15) is 37.1 Å². The number of nitrogens with zero attached hydrogens (tertiary/aromatic N) is 1. The fraction of sp³-hybridized carbons (Fsp3) is 0.615. The molecule has 0 bridgehead atoms. The van der Waals surface area contributed by atoms with Crippen LogP contribution in [0.3, 0.4) is 0 Å². The van der Waals surface area contributed by atoms with E-state index in [4.69, 9.17) is 16.7 Å². The molecule has 0 spiro atoms. The van der Waals surface area contributed by atoms with Gasteiger partial charge in [-0.2, -0.15) is 0 Å². The normalized spacial score (nSPS) is 19.9. The third-order valence-corrected chi connectivity index (χ3v) is 5.07. The fourth-order valence-electron chi connectivity index (χ4n) is 2.52. The van der Waals surface area contributed by atoms with Crippen molar-refractivity contribution in [2.75, 3.05) is 13.1 Å². The Morgan fingerprint density at radius 1 is 1.56 bits per heavy atom. The number of halogens is 1. The van der Waals surface area contributed by atoms with E-state index in [0.29, 0.717) is 18.4 Å². The average molecular weight is 288 g/mol. The first-order valence-electron chi connectivity index (χ1n) is 6.27. The molecule has 0 radical (unpaired) electrons. The monoisotopic (exact) mass is 287 g/mol. The van der Waals surface area contributed by atoms with Crippen molar-refractivity contribution in [1.82, 2.24) is 4.90 Å². The van der Waals surface area contributed by atoms with Gasteiger partial charge in [0.15, 0.2) is 0 Å². The maximum Gasteiger partial charge on any atom is 0.303 e. The second-order valence-corrected chi connectivity index (χ2v) is 6.64. The molecule has 5 heteroatoms. The highest BCUT2D eigenvalue weighted by atomic mass is 35.5. The first kappa shape index (κ1) is 13.8. The summed E-state index contributed by atoms with van der Waals surface area (Å²) in [4.78, 5) is 14.4. The molecule has 0 saturated carbocycles. The highest BCUT2D eigenvalue weighted by Gasteiger charge is 2.25. The minimum atomic E-state index is -0.675. The molecule has 1 saturated heterocycles. The molecule has 1 aliphatic rings. The Bertz CT molecular complexity index is 413. The predicted molar refractivity (Wildman–Crippen MR) is 74.3 cm³/mol. The lowest BCUT2D eigenvalue weighted by atomic mass is 9.93. The minimum absolute atomic E-state index is 0.313. The molecule has 2 rings (SSSR count). The molecule has 0 aromatic carbocycles. The average Bonchev–Trinajstić information content (AvgIpc) is 2.75. The van der Waals surface area contributed by atoms with Gasteiger partial charge >= 0.3 is 5.97 Å². The predicted octanol–water partition coefficient (Wildman–Crippen LogP) is 3.65. The molecule has 100 valence electrons. The quantitative estimate of drug-likeness (QED) is 0.919. The number of rotatable bonds is 4. The van der Waals surface area contributed by atoms with Gasteiger partial charge in [-0.3, -0.25) is 9.69 Å². The molecular weight excluding hydrogens is 270 g/mol. The summed E-state index contributed by atoms with van der Waals surface area (Å²) in [6.07, 6.45) is 2.28. The molecule has 1 aromatic heterocycles. The van der Waals surface area contributed by atoms with Gasteiger partial charge in [0.25, 0.3) is 0 Å². The lowest BCUT2D eigenvalue weighted by Crippen LogP contribution is -2.35. The van der Waals surface area contributed by atoms with Gasteiger partial charge in [0.2, 0.25) is 0 Å². The number of piperidine rings is 1. The van der Waals surface area contributed by atoms with Crippen LogP contribution in [-0.2, 0) is 4.79 Å². The molecule has 1 N–H and O–H groups in total. The summed E-state index contributed by atoms with van der Waals surface area (Å²) in [6, 6.07) is 4.41. The molecule has 1 fully saturated rings. The summed E-state index contributed by atoms with van der Waals surface area (Å²) < 4.78 is 0.831. The highest BCUT2D eigenvalue weighted by Crippen LogP contribution is 2.33. The van der Waals surface area contributed by atoms with Crippen LogP contribution in [0, 0.1) is 5.92 Å². The fourth-order valence-corrected chi connectivity index (χ4v) is 3.67. The molecule has 1 unspecified atom stereocenters. The number of aliphatic carboxylic acids is 1. The number of carbonyl (C=O) groups is 1. The smallest absolute Gasteiger partial charge is 0.303 e. The van der Waals surface area contributed by atoms with Crippen molar-refractivity contribution >= 4 is 28.9 Å². The summed E-state index contributed by atoms with van der Waals surface area (Å²) in [5.74, 6) is -0.329. The van der Waals surface area contributed by atoms with Crippen molar-refractivity contribution in [2.24, 2.45) is 5.92 Å². The molecule has 2 heterocycles. The SMILES string of the molecule is CC(c1ccc(Cl)s1)N1CCC(CC(=O)O)CC1. The molecule has 1 atom stereocenters. The van der Waals surface area contributed by atoms with Gasteiger partial charge in [0, 0.05) is 17.3 Å². The van der Waals surface area contributed by atoms with Crippen LogP contribution in [0.4, 0.5) is 0 Å². The molecular formula is C13H18ClNO2S.